The Balaban J connectivity index is 2.30. The summed E-state index contributed by atoms with van der Waals surface area (Å²) in [7, 11) is 0. The molecule has 0 saturated carbocycles. The van der Waals surface area contributed by atoms with E-state index in [0.717, 1.165) is 0 Å². The van der Waals surface area contributed by atoms with E-state index in [1.165, 1.54) is 6.92 Å². The fourth-order valence-electron chi connectivity index (χ4n) is 1.66. The molecular formula is C15H12BrNO3. The van der Waals surface area contributed by atoms with Crippen LogP contribution in [0.5, 0.6) is 5.75 Å². The summed E-state index contributed by atoms with van der Waals surface area (Å²) in [5, 5.41) is 2.75. The molecular weight excluding hydrogens is 322 g/mol. The minimum absolute atomic E-state index is 0.216. The van der Waals surface area contributed by atoms with Gasteiger partial charge in [-0.05, 0) is 40.2 Å². The zero-order chi connectivity index (χ0) is 14.5. The lowest BCUT2D eigenvalue weighted by Gasteiger charge is -2.11. The number of hydrogen-bond acceptors (Lipinski definition) is 3. The van der Waals surface area contributed by atoms with Crippen LogP contribution in [0.3, 0.4) is 0 Å². The van der Waals surface area contributed by atoms with Gasteiger partial charge in [-0.25, -0.2) is 0 Å². The van der Waals surface area contributed by atoms with Crippen LogP contribution in [-0.2, 0) is 4.79 Å². The van der Waals surface area contributed by atoms with Crippen molar-refractivity contribution in [3.05, 3.63) is 58.6 Å². The van der Waals surface area contributed by atoms with Crippen LogP contribution >= 0.6 is 15.9 Å². The Bertz CT molecular complexity index is 641. The molecule has 0 saturated heterocycles. The van der Waals surface area contributed by atoms with Crippen LogP contribution in [0.1, 0.15) is 17.3 Å². The van der Waals surface area contributed by atoms with Gasteiger partial charge in [-0.3, -0.25) is 9.59 Å². The highest BCUT2D eigenvalue weighted by molar-refractivity contribution is 9.10. The summed E-state index contributed by atoms with van der Waals surface area (Å²) in [6.45, 7) is 1.29. The fourth-order valence-corrected chi connectivity index (χ4v) is 2.10. The Morgan fingerprint density at radius 3 is 2.40 bits per heavy atom. The second-order valence-corrected chi connectivity index (χ2v) is 4.88. The van der Waals surface area contributed by atoms with Gasteiger partial charge in [0.2, 0.25) is 0 Å². The molecule has 5 heteroatoms. The molecule has 0 aliphatic heterocycles. The Labute approximate surface area is 124 Å². The first-order chi connectivity index (χ1) is 9.58. The molecule has 0 radical (unpaired) electrons. The van der Waals surface area contributed by atoms with E-state index in [-0.39, 0.29) is 11.7 Å². The molecule has 0 spiro atoms. The normalized spacial score (nSPS) is 9.90. The third-order valence-corrected chi connectivity index (χ3v) is 3.11. The standard InChI is InChI=1S/C15H12BrNO3/c1-10(18)20-14-12(8-5-9-13(14)16)15(19)17-11-6-3-2-4-7-11/h2-9H,1H3,(H,17,19). The van der Waals surface area contributed by atoms with Crippen LogP contribution in [0.2, 0.25) is 0 Å². The summed E-state index contributed by atoms with van der Waals surface area (Å²) >= 11 is 3.27. The maximum absolute atomic E-state index is 12.2. The average Bonchev–Trinajstić information content (AvgIpc) is 2.41. The first-order valence-corrected chi connectivity index (χ1v) is 6.70. The van der Waals surface area contributed by atoms with Gasteiger partial charge < -0.3 is 10.1 Å². The SMILES string of the molecule is CC(=O)Oc1c(Br)cccc1C(=O)Nc1ccccc1. The molecule has 102 valence electrons. The predicted octanol–water partition coefficient (Wildman–Crippen LogP) is 3.63. The highest BCUT2D eigenvalue weighted by Gasteiger charge is 2.16. The van der Waals surface area contributed by atoms with Crippen LogP contribution in [0, 0.1) is 0 Å². The quantitative estimate of drug-likeness (QED) is 0.689. The number of carbonyl (C=O) groups excluding carboxylic acids is 2. The summed E-state index contributed by atoms with van der Waals surface area (Å²) in [6.07, 6.45) is 0. The van der Waals surface area contributed by atoms with E-state index >= 15 is 0 Å². The van der Waals surface area contributed by atoms with E-state index in [2.05, 4.69) is 21.2 Å². The summed E-state index contributed by atoms with van der Waals surface area (Å²) in [5.74, 6) is -0.604. The van der Waals surface area contributed by atoms with Crippen LogP contribution in [0.25, 0.3) is 0 Å². The number of nitrogens with one attached hydrogen (secondary N) is 1. The van der Waals surface area contributed by atoms with Crippen molar-refractivity contribution in [1.29, 1.82) is 0 Å². The Morgan fingerprint density at radius 2 is 1.75 bits per heavy atom. The number of esters is 1. The van der Waals surface area contributed by atoms with Crippen molar-refractivity contribution in [2.45, 2.75) is 6.92 Å². The molecule has 0 unspecified atom stereocenters. The van der Waals surface area contributed by atoms with Gasteiger partial charge in [0.05, 0.1) is 10.0 Å². The number of halogens is 1. The van der Waals surface area contributed by atoms with E-state index in [4.69, 9.17) is 4.74 Å². The van der Waals surface area contributed by atoms with Gasteiger partial charge in [0.15, 0.2) is 5.75 Å². The lowest BCUT2D eigenvalue weighted by Crippen LogP contribution is -2.15. The topological polar surface area (TPSA) is 55.4 Å². The highest BCUT2D eigenvalue weighted by Crippen LogP contribution is 2.29. The van der Waals surface area contributed by atoms with Crippen molar-refractivity contribution >= 4 is 33.5 Å². The lowest BCUT2D eigenvalue weighted by atomic mass is 10.2. The molecule has 0 aromatic heterocycles. The highest BCUT2D eigenvalue weighted by atomic mass is 79.9. The largest absolute Gasteiger partial charge is 0.425 e. The molecule has 4 nitrogen and oxygen atoms in total. The van der Waals surface area contributed by atoms with Crippen molar-refractivity contribution < 1.29 is 14.3 Å². The molecule has 0 aliphatic carbocycles. The third kappa shape index (κ3) is 3.45. The minimum Gasteiger partial charge on any atom is -0.425 e. The zero-order valence-electron chi connectivity index (χ0n) is 10.7. The molecule has 0 heterocycles. The smallest absolute Gasteiger partial charge is 0.308 e. The van der Waals surface area contributed by atoms with E-state index in [1.807, 2.05) is 18.2 Å². The van der Waals surface area contributed by atoms with Crippen molar-refractivity contribution in [2.75, 3.05) is 5.32 Å². The van der Waals surface area contributed by atoms with Gasteiger partial charge >= 0.3 is 5.97 Å². The van der Waals surface area contributed by atoms with E-state index in [0.29, 0.717) is 15.7 Å². The van der Waals surface area contributed by atoms with Crippen LogP contribution < -0.4 is 10.1 Å². The number of hydrogen-bond donors (Lipinski definition) is 1. The summed E-state index contributed by atoms with van der Waals surface area (Å²) in [5.41, 5.74) is 0.963. The number of ether oxygens (including phenoxy) is 1. The predicted molar refractivity (Wildman–Crippen MR) is 79.8 cm³/mol. The molecule has 0 aliphatic rings. The molecule has 2 aromatic carbocycles. The number of amides is 1. The molecule has 0 bridgehead atoms. The van der Waals surface area contributed by atoms with Gasteiger partial charge in [0.1, 0.15) is 0 Å². The Morgan fingerprint density at radius 1 is 1.05 bits per heavy atom. The number of rotatable bonds is 3. The maximum Gasteiger partial charge on any atom is 0.308 e. The molecule has 2 aromatic rings. The van der Waals surface area contributed by atoms with E-state index in [1.54, 1.807) is 30.3 Å². The van der Waals surface area contributed by atoms with Gasteiger partial charge in [-0.1, -0.05) is 24.3 Å². The maximum atomic E-state index is 12.2. The van der Waals surface area contributed by atoms with Gasteiger partial charge in [0, 0.05) is 12.6 Å². The second-order valence-electron chi connectivity index (χ2n) is 4.03. The average molecular weight is 334 g/mol. The number of carbonyl (C=O) groups is 2. The summed E-state index contributed by atoms with van der Waals surface area (Å²) < 4.78 is 5.64. The van der Waals surface area contributed by atoms with E-state index < -0.39 is 5.97 Å². The Hall–Kier alpha value is -2.14. The molecule has 20 heavy (non-hydrogen) atoms. The Kier molecular flexibility index (Phi) is 4.53. The lowest BCUT2D eigenvalue weighted by molar-refractivity contribution is -0.131. The zero-order valence-corrected chi connectivity index (χ0v) is 12.3. The first kappa shape index (κ1) is 14.3. The number of benzene rings is 2. The molecule has 0 fully saturated rings. The fraction of sp³-hybridized carbons (Fsp3) is 0.0667. The number of anilines is 1. The third-order valence-electron chi connectivity index (χ3n) is 2.49. The molecule has 1 N–H and O–H groups in total. The van der Waals surface area contributed by atoms with E-state index in [9.17, 15) is 9.59 Å². The second kappa shape index (κ2) is 6.34. The van der Waals surface area contributed by atoms with Gasteiger partial charge in [-0.2, -0.15) is 0 Å². The van der Waals surface area contributed by atoms with Crippen LogP contribution in [0.4, 0.5) is 5.69 Å². The molecule has 2 rings (SSSR count). The van der Waals surface area contributed by atoms with Crippen molar-refractivity contribution in [3.8, 4) is 5.75 Å². The molecule has 1 amide bonds. The number of para-hydroxylation sites is 2. The first-order valence-electron chi connectivity index (χ1n) is 5.91. The van der Waals surface area contributed by atoms with Gasteiger partial charge in [-0.15, -0.1) is 0 Å². The van der Waals surface area contributed by atoms with Crippen LogP contribution in [-0.4, -0.2) is 11.9 Å². The van der Waals surface area contributed by atoms with Crippen molar-refractivity contribution in [1.82, 2.24) is 0 Å². The van der Waals surface area contributed by atoms with Crippen molar-refractivity contribution in [3.63, 3.8) is 0 Å². The van der Waals surface area contributed by atoms with Gasteiger partial charge in [0.25, 0.3) is 5.91 Å². The minimum atomic E-state index is -0.481. The summed E-state index contributed by atoms with van der Waals surface area (Å²) in [4.78, 5) is 23.4. The van der Waals surface area contributed by atoms with Crippen molar-refractivity contribution in [2.24, 2.45) is 0 Å². The van der Waals surface area contributed by atoms with Crippen LogP contribution in [0.15, 0.2) is 53.0 Å². The summed E-state index contributed by atoms with van der Waals surface area (Å²) in [6, 6.07) is 14.1. The molecule has 0 atom stereocenters. The monoisotopic (exact) mass is 333 g/mol.